The molecule has 1 aromatic heterocycles. The van der Waals surface area contributed by atoms with Crippen LogP contribution in [0.25, 0.3) is 0 Å². The number of aryl methyl sites for hydroxylation is 1. The topological polar surface area (TPSA) is 120 Å². The quantitative estimate of drug-likeness (QED) is 0.661. The van der Waals surface area contributed by atoms with Crippen molar-refractivity contribution in [3.63, 3.8) is 0 Å². The van der Waals surface area contributed by atoms with Crippen LogP contribution in [-0.2, 0) is 16.8 Å². The molecule has 0 bridgehead atoms. The minimum atomic E-state index is -2.81. The van der Waals surface area contributed by atoms with E-state index in [1.54, 1.807) is 23.1 Å². The molecular formula is C20H28N6O4S. The average molecular weight is 449 g/mol. The van der Waals surface area contributed by atoms with E-state index in [0.29, 0.717) is 49.8 Å². The van der Waals surface area contributed by atoms with Crippen LogP contribution >= 0.6 is 0 Å². The fraction of sp³-hybridized carbons (Fsp3) is 0.550. The molecule has 1 saturated heterocycles. The number of carbonyl (C=O) groups excluding carboxylic acids is 2. The summed E-state index contributed by atoms with van der Waals surface area (Å²) in [5.74, 6) is 0.0552. The molecule has 1 aliphatic heterocycles. The summed E-state index contributed by atoms with van der Waals surface area (Å²) in [6.45, 7) is 5.60. The monoisotopic (exact) mass is 448 g/mol. The van der Waals surface area contributed by atoms with Crippen molar-refractivity contribution in [1.82, 2.24) is 25.1 Å². The number of aromatic nitrogens is 4. The van der Waals surface area contributed by atoms with Gasteiger partial charge in [0.15, 0.2) is 0 Å². The van der Waals surface area contributed by atoms with Crippen molar-refractivity contribution in [1.29, 1.82) is 0 Å². The Morgan fingerprint density at radius 1 is 1.29 bits per heavy atom. The van der Waals surface area contributed by atoms with Gasteiger partial charge >= 0.3 is 5.91 Å². The number of ether oxygens (including phenoxy) is 1. The molecule has 1 unspecified atom stereocenters. The number of hydrogen-bond donors (Lipinski definition) is 0. The smallest absolute Gasteiger partial charge is 0.326 e. The molecule has 1 atom stereocenters. The number of carbonyl (C=O) groups is 2. The third-order valence-corrected chi connectivity index (χ3v) is 7.21. The summed E-state index contributed by atoms with van der Waals surface area (Å²) in [5, 5.41) is 10.7. The van der Waals surface area contributed by atoms with Gasteiger partial charge < -0.3 is 9.64 Å². The Morgan fingerprint density at radius 2 is 2.00 bits per heavy atom. The van der Waals surface area contributed by atoms with E-state index in [0.717, 1.165) is 4.80 Å². The molecule has 2 amide bonds. The maximum absolute atomic E-state index is 13.1. The molecule has 0 radical (unpaired) electrons. The maximum atomic E-state index is 13.1. The first kappa shape index (κ1) is 22.9. The summed E-state index contributed by atoms with van der Waals surface area (Å²) < 4.78 is 22.7. The van der Waals surface area contributed by atoms with Crippen LogP contribution < -0.4 is 4.74 Å². The number of tetrazole rings is 1. The summed E-state index contributed by atoms with van der Waals surface area (Å²) in [5.41, 5.74) is 0.561. The lowest BCUT2D eigenvalue weighted by molar-refractivity contribution is 0.0725. The van der Waals surface area contributed by atoms with Gasteiger partial charge in [0.2, 0.25) is 0 Å². The Hall–Kier alpha value is -2.82. The van der Waals surface area contributed by atoms with Gasteiger partial charge in [0.1, 0.15) is 5.75 Å². The van der Waals surface area contributed by atoms with Crippen molar-refractivity contribution in [2.75, 3.05) is 26.0 Å². The Balaban J connectivity index is 1.63. The van der Waals surface area contributed by atoms with Crippen LogP contribution in [0.3, 0.4) is 0 Å². The summed E-state index contributed by atoms with van der Waals surface area (Å²) in [6, 6.07) is 7.16. The molecule has 168 valence electrons. The first-order valence-electron chi connectivity index (χ1n) is 10.2. The molecule has 0 N–H and O–H groups in total. The van der Waals surface area contributed by atoms with Crippen LogP contribution in [0.5, 0.6) is 5.75 Å². The lowest BCUT2D eigenvalue weighted by Gasteiger charge is -2.32. The molecule has 1 fully saturated rings. The highest BCUT2D eigenvalue weighted by Gasteiger charge is 2.29. The van der Waals surface area contributed by atoms with Gasteiger partial charge in [-0.3, -0.25) is 9.59 Å². The molecule has 10 nitrogen and oxygen atoms in total. The van der Waals surface area contributed by atoms with Gasteiger partial charge in [-0.2, -0.15) is 9.16 Å². The molecule has 2 heterocycles. The number of amides is 2. The Kier molecular flexibility index (Phi) is 7.04. The van der Waals surface area contributed by atoms with Crippen LogP contribution in [0, 0.1) is 5.92 Å². The zero-order valence-electron chi connectivity index (χ0n) is 18.2. The van der Waals surface area contributed by atoms with Crippen LogP contribution in [0.4, 0.5) is 0 Å². The van der Waals surface area contributed by atoms with Crippen molar-refractivity contribution in [2.45, 2.75) is 31.9 Å². The molecule has 0 saturated carbocycles. The predicted molar refractivity (Wildman–Crippen MR) is 115 cm³/mol. The molecule has 1 aliphatic rings. The summed E-state index contributed by atoms with van der Waals surface area (Å²) >= 11 is 0. The maximum Gasteiger partial charge on any atom is 0.326 e. The molecule has 11 heteroatoms. The van der Waals surface area contributed by atoms with Crippen molar-refractivity contribution in [2.24, 2.45) is 17.3 Å². The Morgan fingerprint density at radius 3 is 2.61 bits per heavy atom. The standard InChI is InChI=1S/C20H28N6O4S/c1-14(2)13-30-16-7-5-6-15(12-16)20(28)26-10-8-17(9-11-26)31(4,29)23-19(27)18-21-24-25(3)22-18/h5-7,12,14,17H,8-11,13H2,1-4H3. The van der Waals surface area contributed by atoms with Crippen molar-refractivity contribution in [3.05, 3.63) is 35.7 Å². The number of nitrogens with zero attached hydrogens (tertiary/aromatic N) is 6. The predicted octanol–water partition coefficient (Wildman–Crippen LogP) is 1.79. The van der Waals surface area contributed by atoms with Crippen molar-refractivity contribution in [3.8, 4) is 5.75 Å². The normalized spacial score (nSPS) is 16.7. The van der Waals surface area contributed by atoms with Crippen LogP contribution in [0.1, 0.15) is 47.7 Å². The lowest BCUT2D eigenvalue weighted by atomic mass is 10.1. The van der Waals surface area contributed by atoms with E-state index in [9.17, 15) is 13.8 Å². The van der Waals surface area contributed by atoms with Gasteiger partial charge in [-0.05, 0) is 42.2 Å². The summed E-state index contributed by atoms with van der Waals surface area (Å²) in [6.07, 6.45) is 2.46. The molecule has 3 rings (SSSR count). The van der Waals surface area contributed by atoms with Gasteiger partial charge in [-0.25, -0.2) is 4.21 Å². The van der Waals surface area contributed by atoms with E-state index >= 15 is 0 Å². The highest BCUT2D eigenvalue weighted by Crippen LogP contribution is 2.22. The highest BCUT2D eigenvalue weighted by molar-refractivity contribution is 7.93. The first-order valence-corrected chi connectivity index (χ1v) is 12.2. The van der Waals surface area contributed by atoms with Gasteiger partial charge in [-0.15, -0.1) is 10.2 Å². The Labute approximate surface area is 182 Å². The zero-order chi connectivity index (χ0) is 22.6. The zero-order valence-corrected chi connectivity index (χ0v) is 19.0. The second-order valence-corrected chi connectivity index (χ2v) is 10.7. The van der Waals surface area contributed by atoms with E-state index in [2.05, 4.69) is 33.6 Å². The molecule has 0 spiro atoms. The molecule has 0 aliphatic carbocycles. The lowest BCUT2D eigenvalue weighted by Crippen LogP contribution is -2.42. The van der Waals surface area contributed by atoms with Crippen molar-refractivity contribution < 1.29 is 18.5 Å². The van der Waals surface area contributed by atoms with E-state index in [1.807, 2.05) is 6.07 Å². The average Bonchev–Trinajstić information content (AvgIpc) is 3.18. The largest absolute Gasteiger partial charge is 0.493 e. The molecule has 1 aromatic carbocycles. The first-order chi connectivity index (χ1) is 14.7. The highest BCUT2D eigenvalue weighted by atomic mass is 32.2. The molecular weight excluding hydrogens is 420 g/mol. The number of hydrogen-bond acceptors (Lipinski definition) is 7. The SMILES string of the molecule is CC(C)COc1cccc(C(=O)N2CCC(S(C)(=O)=NC(=O)c3nnn(C)n3)CC2)c1. The fourth-order valence-electron chi connectivity index (χ4n) is 3.31. The summed E-state index contributed by atoms with van der Waals surface area (Å²) in [7, 11) is -1.27. The number of benzene rings is 1. The van der Waals surface area contributed by atoms with Gasteiger partial charge in [-0.1, -0.05) is 19.9 Å². The van der Waals surface area contributed by atoms with Gasteiger partial charge in [0.25, 0.3) is 11.7 Å². The van der Waals surface area contributed by atoms with Crippen molar-refractivity contribution >= 4 is 21.5 Å². The molecule has 2 aromatic rings. The Bertz CT molecular complexity index is 1070. The second kappa shape index (κ2) is 9.54. The molecule has 31 heavy (non-hydrogen) atoms. The minimum Gasteiger partial charge on any atom is -0.493 e. The number of piperidine rings is 1. The van der Waals surface area contributed by atoms with E-state index in [-0.39, 0.29) is 17.0 Å². The summed E-state index contributed by atoms with van der Waals surface area (Å²) in [4.78, 5) is 28.0. The van der Waals surface area contributed by atoms with E-state index < -0.39 is 15.6 Å². The van der Waals surface area contributed by atoms with Crippen LogP contribution in [0.2, 0.25) is 0 Å². The second-order valence-electron chi connectivity index (χ2n) is 8.08. The number of rotatable bonds is 6. The van der Waals surface area contributed by atoms with Crippen LogP contribution in [-0.4, -0.2) is 72.3 Å². The third-order valence-electron chi connectivity index (χ3n) is 4.98. The van der Waals surface area contributed by atoms with Crippen LogP contribution in [0.15, 0.2) is 28.6 Å². The van der Waals surface area contributed by atoms with Gasteiger partial charge in [0.05, 0.1) is 23.4 Å². The fourth-order valence-corrected chi connectivity index (χ4v) is 4.96. The number of likely N-dealkylation sites (tertiary alicyclic amines) is 1. The minimum absolute atomic E-state index is 0.0900. The third kappa shape index (κ3) is 5.87. The van der Waals surface area contributed by atoms with Gasteiger partial charge in [0, 0.05) is 30.2 Å². The van der Waals surface area contributed by atoms with E-state index in [4.69, 9.17) is 4.74 Å². The van der Waals surface area contributed by atoms with E-state index in [1.165, 1.54) is 13.3 Å².